The molecule has 6 nitrogen and oxygen atoms in total. The summed E-state index contributed by atoms with van der Waals surface area (Å²) in [7, 11) is 0. The zero-order valence-electron chi connectivity index (χ0n) is 12.1. The van der Waals surface area contributed by atoms with Gasteiger partial charge in [0.15, 0.2) is 0 Å². The van der Waals surface area contributed by atoms with Crippen LogP contribution in [0.1, 0.15) is 18.2 Å². The highest BCUT2D eigenvalue weighted by Gasteiger charge is 2.08. The standard InChI is InChI=1S/C14H18ClN5O/c1-3-16-7-12-8-20(19-18-12)9-14(21)17-13-5-4-11(15)6-10(13)2/h4-6,8,16H,3,7,9H2,1-2H3,(H,17,21). The number of benzene rings is 1. The van der Waals surface area contributed by atoms with Gasteiger partial charge in [-0.3, -0.25) is 4.79 Å². The Labute approximate surface area is 128 Å². The Balaban J connectivity index is 1.93. The molecular weight excluding hydrogens is 290 g/mol. The first-order valence-corrected chi connectivity index (χ1v) is 7.12. The topological polar surface area (TPSA) is 71.8 Å². The maximum atomic E-state index is 12.0. The second kappa shape index (κ2) is 7.19. The second-order valence-electron chi connectivity index (χ2n) is 4.70. The van der Waals surface area contributed by atoms with E-state index in [2.05, 4.69) is 20.9 Å². The van der Waals surface area contributed by atoms with Gasteiger partial charge in [0, 0.05) is 17.3 Å². The van der Waals surface area contributed by atoms with Gasteiger partial charge < -0.3 is 10.6 Å². The third-order valence-electron chi connectivity index (χ3n) is 2.91. The van der Waals surface area contributed by atoms with Crippen molar-refractivity contribution in [2.75, 3.05) is 11.9 Å². The van der Waals surface area contributed by atoms with E-state index in [0.717, 1.165) is 23.5 Å². The number of halogens is 1. The Morgan fingerprint density at radius 2 is 2.24 bits per heavy atom. The van der Waals surface area contributed by atoms with Gasteiger partial charge >= 0.3 is 0 Å². The lowest BCUT2D eigenvalue weighted by Crippen LogP contribution is -2.19. The van der Waals surface area contributed by atoms with Gasteiger partial charge in [-0.05, 0) is 37.2 Å². The van der Waals surface area contributed by atoms with E-state index in [0.29, 0.717) is 11.6 Å². The minimum atomic E-state index is -0.152. The fraction of sp³-hybridized carbons (Fsp3) is 0.357. The molecule has 0 fully saturated rings. The van der Waals surface area contributed by atoms with Crippen LogP contribution in [-0.4, -0.2) is 27.4 Å². The van der Waals surface area contributed by atoms with E-state index in [1.807, 2.05) is 13.8 Å². The molecule has 0 radical (unpaired) electrons. The first-order valence-electron chi connectivity index (χ1n) is 6.74. The summed E-state index contributed by atoms with van der Waals surface area (Å²) < 4.78 is 1.52. The Morgan fingerprint density at radius 1 is 1.43 bits per heavy atom. The van der Waals surface area contributed by atoms with Crippen LogP contribution in [0.3, 0.4) is 0 Å². The Kier molecular flexibility index (Phi) is 5.30. The molecule has 1 amide bonds. The molecule has 1 aromatic carbocycles. The Bertz CT molecular complexity index is 626. The van der Waals surface area contributed by atoms with Crippen molar-refractivity contribution in [3.8, 4) is 0 Å². The monoisotopic (exact) mass is 307 g/mol. The van der Waals surface area contributed by atoms with Crippen molar-refractivity contribution in [1.29, 1.82) is 0 Å². The summed E-state index contributed by atoms with van der Waals surface area (Å²) in [4.78, 5) is 12.0. The van der Waals surface area contributed by atoms with Crippen LogP contribution in [0, 0.1) is 6.92 Å². The number of amides is 1. The average Bonchev–Trinajstić information content (AvgIpc) is 2.87. The summed E-state index contributed by atoms with van der Waals surface area (Å²) in [5.74, 6) is -0.152. The first-order chi connectivity index (χ1) is 10.1. The molecule has 112 valence electrons. The molecule has 2 N–H and O–H groups in total. The van der Waals surface area contributed by atoms with E-state index in [4.69, 9.17) is 11.6 Å². The van der Waals surface area contributed by atoms with E-state index < -0.39 is 0 Å². The van der Waals surface area contributed by atoms with Crippen LogP contribution in [0.5, 0.6) is 0 Å². The molecule has 0 saturated carbocycles. The van der Waals surface area contributed by atoms with Gasteiger partial charge in [0.1, 0.15) is 6.54 Å². The summed E-state index contributed by atoms with van der Waals surface area (Å²) >= 11 is 5.89. The highest BCUT2D eigenvalue weighted by molar-refractivity contribution is 6.30. The lowest BCUT2D eigenvalue weighted by molar-refractivity contribution is -0.116. The van der Waals surface area contributed by atoms with Crippen molar-refractivity contribution < 1.29 is 4.79 Å². The minimum absolute atomic E-state index is 0.126. The van der Waals surface area contributed by atoms with Crippen LogP contribution in [0.4, 0.5) is 5.69 Å². The normalized spacial score (nSPS) is 10.6. The van der Waals surface area contributed by atoms with Crippen molar-refractivity contribution in [3.05, 3.63) is 40.7 Å². The van der Waals surface area contributed by atoms with Crippen LogP contribution in [0.15, 0.2) is 24.4 Å². The third kappa shape index (κ3) is 4.54. The number of nitrogens with one attached hydrogen (secondary N) is 2. The van der Waals surface area contributed by atoms with E-state index >= 15 is 0 Å². The van der Waals surface area contributed by atoms with Crippen molar-refractivity contribution >= 4 is 23.2 Å². The molecule has 0 aliphatic rings. The van der Waals surface area contributed by atoms with Crippen LogP contribution in [-0.2, 0) is 17.9 Å². The van der Waals surface area contributed by atoms with Crippen LogP contribution in [0.2, 0.25) is 5.02 Å². The number of anilines is 1. The van der Waals surface area contributed by atoms with E-state index in [1.54, 1.807) is 24.4 Å². The molecule has 0 atom stereocenters. The van der Waals surface area contributed by atoms with Gasteiger partial charge in [0.25, 0.3) is 0 Å². The molecule has 7 heteroatoms. The fourth-order valence-electron chi connectivity index (χ4n) is 1.85. The maximum absolute atomic E-state index is 12.0. The summed E-state index contributed by atoms with van der Waals surface area (Å²) in [5, 5.41) is 14.6. The fourth-order valence-corrected chi connectivity index (χ4v) is 2.08. The number of carbonyl (C=O) groups excluding carboxylic acids is 1. The van der Waals surface area contributed by atoms with Crippen molar-refractivity contribution in [2.45, 2.75) is 26.9 Å². The zero-order chi connectivity index (χ0) is 15.2. The number of nitrogens with zero attached hydrogens (tertiary/aromatic N) is 3. The lowest BCUT2D eigenvalue weighted by Gasteiger charge is -2.08. The molecule has 2 aromatic rings. The number of carbonyl (C=O) groups is 1. The number of aryl methyl sites for hydroxylation is 1. The molecule has 1 aromatic heterocycles. The smallest absolute Gasteiger partial charge is 0.246 e. The van der Waals surface area contributed by atoms with Crippen LogP contribution < -0.4 is 10.6 Å². The van der Waals surface area contributed by atoms with Crippen LogP contribution in [0.25, 0.3) is 0 Å². The average molecular weight is 308 g/mol. The Hall–Kier alpha value is -1.92. The molecule has 0 aliphatic heterocycles. The van der Waals surface area contributed by atoms with Gasteiger partial charge in [-0.15, -0.1) is 5.10 Å². The minimum Gasteiger partial charge on any atom is -0.324 e. The second-order valence-corrected chi connectivity index (χ2v) is 5.13. The summed E-state index contributed by atoms with van der Waals surface area (Å²) in [6, 6.07) is 5.34. The zero-order valence-corrected chi connectivity index (χ0v) is 12.8. The van der Waals surface area contributed by atoms with Gasteiger partial charge in [-0.25, -0.2) is 4.68 Å². The lowest BCUT2D eigenvalue weighted by atomic mass is 10.2. The van der Waals surface area contributed by atoms with E-state index in [9.17, 15) is 4.79 Å². The van der Waals surface area contributed by atoms with Gasteiger partial charge in [-0.2, -0.15) is 0 Å². The number of hydrogen-bond donors (Lipinski definition) is 2. The molecule has 0 saturated heterocycles. The molecule has 2 rings (SSSR count). The third-order valence-corrected chi connectivity index (χ3v) is 3.15. The number of hydrogen-bond acceptors (Lipinski definition) is 4. The maximum Gasteiger partial charge on any atom is 0.246 e. The van der Waals surface area contributed by atoms with Crippen molar-refractivity contribution in [2.24, 2.45) is 0 Å². The van der Waals surface area contributed by atoms with Crippen molar-refractivity contribution in [3.63, 3.8) is 0 Å². The Morgan fingerprint density at radius 3 is 2.95 bits per heavy atom. The van der Waals surface area contributed by atoms with Gasteiger partial charge in [0.05, 0.1) is 11.9 Å². The molecule has 0 bridgehead atoms. The SMILES string of the molecule is CCNCc1cn(CC(=O)Nc2ccc(Cl)cc2C)nn1. The molecule has 0 spiro atoms. The number of aromatic nitrogens is 3. The summed E-state index contributed by atoms with van der Waals surface area (Å²) in [5.41, 5.74) is 2.48. The largest absolute Gasteiger partial charge is 0.324 e. The predicted octanol–water partition coefficient (Wildman–Crippen LogP) is 1.99. The first kappa shape index (κ1) is 15.5. The molecular formula is C14H18ClN5O. The van der Waals surface area contributed by atoms with Crippen molar-refractivity contribution in [1.82, 2.24) is 20.3 Å². The van der Waals surface area contributed by atoms with Gasteiger partial charge in [-0.1, -0.05) is 23.7 Å². The molecule has 1 heterocycles. The molecule has 21 heavy (non-hydrogen) atoms. The number of rotatable bonds is 6. The highest BCUT2D eigenvalue weighted by Crippen LogP contribution is 2.19. The van der Waals surface area contributed by atoms with Crippen LogP contribution >= 0.6 is 11.6 Å². The molecule has 0 unspecified atom stereocenters. The summed E-state index contributed by atoms with van der Waals surface area (Å²) in [6.45, 7) is 5.55. The summed E-state index contributed by atoms with van der Waals surface area (Å²) in [6.07, 6.45) is 1.76. The van der Waals surface area contributed by atoms with E-state index in [1.165, 1.54) is 4.68 Å². The van der Waals surface area contributed by atoms with Gasteiger partial charge in [0.2, 0.25) is 5.91 Å². The van der Waals surface area contributed by atoms with E-state index in [-0.39, 0.29) is 12.5 Å². The molecule has 0 aliphatic carbocycles. The predicted molar refractivity (Wildman–Crippen MR) is 82.2 cm³/mol. The highest BCUT2D eigenvalue weighted by atomic mass is 35.5. The quantitative estimate of drug-likeness (QED) is 0.856.